The quantitative estimate of drug-likeness (QED) is 0.413. The highest BCUT2D eigenvalue weighted by Gasteiger charge is 2.24. The summed E-state index contributed by atoms with van der Waals surface area (Å²) in [6.45, 7) is 7.38. The molecule has 1 atom stereocenters. The van der Waals surface area contributed by atoms with Crippen molar-refractivity contribution in [3.05, 3.63) is 0 Å². The van der Waals surface area contributed by atoms with Gasteiger partial charge in [-0.05, 0) is 40.5 Å². The number of alkyl halides is 1. The molecule has 0 bridgehead atoms. The summed E-state index contributed by atoms with van der Waals surface area (Å²) in [7, 11) is 0. The van der Waals surface area contributed by atoms with E-state index in [0.29, 0.717) is 13.0 Å². The van der Waals surface area contributed by atoms with E-state index >= 15 is 0 Å². The molecule has 0 aliphatic carbocycles. The Bertz CT molecular complexity index is 302. The van der Waals surface area contributed by atoms with Crippen molar-refractivity contribution in [1.82, 2.24) is 5.32 Å². The van der Waals surface area contributed by atoms with Gasteiger partial charge in [-0.15, -0.1) is 0 Å². The summed E-state index contributed by atoms with van der Waals surface area (Å²) in [6.07, 6.45) is 2.87. The number of unbranched alkanes of at least 4 members (excludes halogenated alkanes) is 2. The van der Waals surface area contributed by atoms with Crippen LogP contribution >= 0.6 is 15.9 Å². The summed E-state index contributed by atoms with van der Waals surface area (Å²) in [5.41, 5.74) is -0.584. The second kappa shape index (κ2) is 10.0. The SMILES string of the molecule is CCOC(=O)[C@H](CCCCCBr)NC(=O)OC(C)(C)C. The van der Waals surface area contributed by atoms with Crippen LogP contribution in [0.25, 0.3) is 0 Å². The first kappa shape index (κ1) is 19.2. The van der Waals surface area contributed by atoms with Gasteiger partial charge in [0.2, 0.25) is 0 Å². The molecule has 1 amide bonds. The van der Waals surface area contributed by atoms with Gasteiger partial charge >= 0.3 is 12.1 Å². The first-order valence-electron chi connectivity index (χ1n) is 7.02. The van der Waals surface area contributed by atoms with E-state index in [0.717, 1.165) is 24.6 Å². The summed E-state index contributed by atoms with van der Waals surface area (Å²) in [5, 5.41) is 3.53. The molecule has 0 aliphatic rings. The third kappa shape index (κ3) is 10.1. The molecule has 0 aliphatic heterocycles. The number of hydrogen-bond acceptors (Lipinski definition) is 4. The molecule has 20 heavy (non-hydrogen) atoms. The van der Waals surface area contributed by atoms with Crippen molar-refractivity contribution >= 4 is 28.0 Å². The molecule has 6 heteroatoms. The minimum atomic E-state index is -0.639. The third-order valence-corrected chi connectivity index (χ3v) is 2.95. The van der Waals surface area contributed by atoms with Crippen LogP contribution in [-0.4, -0.2) is 35.6 Å². The summed E-state index contributed by atoms with van der Waals surface area (Å²) < 4.78 is 10.1. The highest BCUT2D eigenvalue weighted by Crippen LogP contribution is 2.10. The number of esters is 1. The normalized spacial score (nSPS) is 12.7. The van der Waals surface area contributed by atoms with Crippen LogP contribution in [0.5, 0.6) is 0 Å². The van der Waals surface area contributed by atoms with Gasteiger partial charge in [0.15, 0.2) is 0 Å². The van der Waals surface area contributed by atoms with Crippen LogP contribution in [0.3, 0.4) is 0 Å². The predicted molar refractivity (Wildman–Crippen MR) is 82.1 cm³/mol. The summed E-state index contributed by atoms with van der Waals surface area (Å²) in [6, 6.07) is -0.639. The topological polar surface area (TPSA) is 64.6 Å². The minimum absolute atomic E-state index is 0.298. The maximum absolute atomic E-state index is 11.8. The van der Waals surface area contributed by atoms with Crippen LogP contribution in [0.2, 0.25) is 0 Å². The number of amides is 1. The largest absolute Gasteiger partial charge is 0.464 e. The van der Waals surface area contributed by atoms with E-state index in [4.69, 9.17) is 9.47 Å². The Labute approximate surface area is 129 Å². The second-order valence-corrected chi connectivity index (χ2v) is 6.28. The van der Waals surface area contributed by atoms with Crippen LogP contribution in [0.1, 0.15) is 53.4 Å². The zero-order valence-electron chi connectivity index (χ0n) is 12.8. The maximum atomic E-state index is 11.8. The van der Waals surface area contributed by atoms with E-state index in [1.807, 2.05) is 0 Å². The molecule has 0 radical (unpaired) electrons. The molecular formula is C14H26BrNO4. The summed E-state index contributed by atoms with van der Waals surface area (Å²) in [4.78, 5) is 23.5. The van der Waals surface area contributed by atoms with Gasteiger partial charge in [0, 0.05) is 5.33 Å². The molecule has 0 spiro atoms. The van der Waals surface area contributed by atoms with Gasteiger partial charge in [-0.25, -0.2) is 9.59 Å². The smallest absolute Gasteiger partial charge is 0.408 e. The van der Waals surface area contributed by atoms with Crippen molar-refractivity contribution in [3.63, 3.8) is 0 Å². The zero-order valence-corrected chi connectivity index (χ0v) is 14.4. The maximum Gasteiger partial charge on any atom is 0.408 e. The van der Waals surface area contributed by atoms with E-state index in [9.17, 15) is 9.59 Å². The summed E-state index contributed by atoms with van der Waals surface area (Å²) in [5.74, 6) is -0.405. The fourth-order valence-electron chi connectivity index (χ4n) is 1.56. The van der Waals surface area contributed by atoms with Gasteiger partial charge in [0.05, 0.1) is 6.61 Å². The lowest BCUT2D eigenvalue weighted by Gasteiger charge is -2.22. The highest BCUT2D eigenvalue weighted by atomic mass is 79.9. The number of nitrogens with one attached hydrogen (secondary N) is 1. The molecule has 0 fully saturated rings. The fourth-order valence-corrected chi connectivity index (χ4v) is 1.96. The molecule has 0 aromatic rings. The van der Waals surface area contributed by atoms with Crippen LogP contribution < -0.4 is 5.32 Å². The molecule has 0 heterocycles. The van der Waals surface area contributed by atoms with Gasteiger partial charge in [-0.1, -0.05) is 28.8 Å². The summed E-state index contributed by atoms with van der Waals surface area (Å²) >= 11 is 3.36. The Morgan fingerprint density at radius 1 is 1.20 bits per heavy atom. The van der Waals surface area contributed by atoms with Crippen LogP contribution in [-0.2, 0) is 14.3 Å². The monoisotopic (exact) mass is 351 g/mol. The first-order valence-corrected chi connectivity index (χ1v) is 8.14. The molecule has 1 N–H and O–H groups in total. The van der Waals surface area contributed by atoms with Crippen molar-refractivity contribution in [3.8, 4) is 0 Å². The number of rotatable bonds is 8. The van der Waals surface area contributed by atoms with Crippen molar-refractivity contribution in [2.45, 2.75) is 65.0 Å². The Balaban J connectivity index is 4.37. The van der Waals surface area contributed by atoms with Gasteiger partial charge in [-0.3, -0.25) is 0 Å². The Morgan fingerprint density at radius 2 is 1.85 bits per heavy atom. The fraction of sp³-hybridized carbons (Fsp3) is 0.857. The van der Waals surface area contributed by atoms with Gasteiger partial charge in [0.25, 0.3) is 0 Å². The highest BCUT2D eigenvalue weighted by molar-refractivity contribution is 9.09. The Morgan fingerprint density at radius 3 is 2.35 bits per heavy atom. The first-order chi connectivity index (χ1) is 9.30. The Hall–Kier alpha value is -0.780. The minimum Gasteiger partial charge on any atom is -0.464 e. The van der Waals surface area contributed by atoms with E-state index in [1.165, 1.54) is 0 Å². The number of carbonyl (C=O) groups excluding carboxylic acids is 2. The molecule has 0 saturated carbocycles. The lowest BCUT2D eigenvalue weighted by Crippen LogP contribution is -2.44. The molecule has 118 valence electrons. The van der Waals surface area contributed by atoms with E-state index in [-0.39, 0.29) is 0 Å². The van der Waals surface area contributed by atoms with Crippen LogP contribution in [0.15, 0.2) is 0 Å². The number of ether oxygens (including phenoxy) is 2. The van der Waals surface area contributed by atoms with Crippen molar-refractivity contribution in [2.24, 2.45) is 0 Å². The third-order valence-electron chi connectivity index (χ3n) is 2.39. The van der Waals surface area contributed by atoms with Crippen molar-refractivity contribution in [2.75, 3.05) is 11.9 Å². The van der Waals surface area contributed by atoms with Crippen LogP contribution in [0.4, 0.5) is 4.79 Å². The Kier molecular flexibility index (Phi) is 9.63. The van der Waals surface area contributed by atoms with Crippen molar-refractivity contribution < 1.29 is 19.1 Å². The molecule has 0 rings (SSSR count). The van der Waals surface area contributed by atoms with E-state index in [1.54, 1.807) is 27.7 Å². The molecule has 5 nitrogen and oxygen atoms in total. The number of hydrogen-bond donors (Lipinski definition) is 1. The second-order valence-electron chi connectivity index (χ2n) is 5.49. The van der Waals surface area contributed by atoms with Crippen LogP contribution in [0, 0.1) is 0 Å². The molecule has 0 saturated heterocycles. The lowest BCUT2D eigenvalue weighted by molar-refractivity contribution is -0.145. The average Bonchev–Trinajstić information content (AvgIpc) is 2.31. The standard InChI is InChI=1S/C14H26BrNO4/c1-5-19-12(17)11(9-7-6-8-10-15)16-13(18)20-14(2,3)4/h11H,5-10H2,1-4H3,(H,16,18)/t11-/m0/s1. The number of halogens is 1. The molecule has 0 unspecified atom stereocenters. The van der Waals surface area contributed by atoms with Gasteiger partial charge < -0.3 is 14.8 Å². The number of alkyl carbamates (subject to hydrolysis) is 1. The van der Waals surface area contributed by atoms with Gasteiger partial charge in [-0.2, -0.15) is 0 Å². The molecule has 0 aromatic carbocycles. The molecular weight excluding hydrogens is 326 g/mol. The molecule has 0 aromatic heterocycles. The predicted octanol–water partition coefficient (Wildman–Crippen LogP) is 3.40. The van der Waals surface area contributed by atoms with E-state index in [2.05, 4.69) is 21.2 Å². The average molecular weight is 352 g/mol. The van der Waals surface area contributed by atoms with Gasteiger partial charge in [0.1, 0.15) is 11.6 Å². The lowest BCUT2D eigenvalue weighted by atomic mass is 10.1. The van der Waals surface area contributed by atoms with E-state index < -0.39 is 23.7 Å². The zero-order chi connectivity index (χ0) is 15.6. The number of carbonyl (C=O) groups is 2. The van der Waals surface area contributed by atoms with Crippen molar-refractivity contribution in [1.29, 1.82) is 0 Å².